The molecule has 0 N–H and O–H groups in total. The lowest BCUT2D eigenvalue weighted by Crippen LogP contribution is -2.30. The van der Waals surface area contributed by atoms with Crippen molar-refractivity contribution in [1.29, 1.82) is 0 Å². The second-order valence-electron chi connectivity index (χ2n) is 7.68. The van der Waals surface area contributed by atoms with E-state index in [-0.39, 0.29) is 0 Å². The Balaban J connectivity index is 1.28. The molecule has 1 aliphatic heterocycles. The fourth-order valence-electron chi connectivity index (χ4n) is 4.32. The molecule has 0 saturated carbocycles. The zero-order chi connectivity index (χ0) is 17.6. The van der Waals surface area contributed by atoms with E-state index < -0.39 is 0 Å². The summed E-state index contributed by atoms with van der Waals surface area (Å²) in [7, 11) is 0. The first-order chi connectivity index (χ1) is 12.9. The third-order valence-electron chi connectivity index (χ3n) is 5.91. The summed E-state index contributed by atoms with van der Waals surface area (Å²) < 4.78 is 0. The van der Waals surface area contributed by atoms with E-state index in [1.54, 1.807) is 5.57 Å². The summed E-state index contributed by atoms with van der Waals surface area (Å²) in [6, 6.07) is 21.8. The molecule has 0 bridgehead atoms. The summed E-state index contributed by atoms with van der Waals surface area (Å²) in [6.45, 7) is 3.55. The van der Waals surface area contributed by atoms with Crippen LogP contribution in [0.5, 0.6) is 0 Å². The van der Waals surface area contributed by atoms with Crippen LogP contribution in [-0.4, -0.2) is 24.5 Å². The monoisotopic (exact) mass is 343 g/mol. The second kappa shape index (κ2) is 8.51. The number of nitrogens with zero attached hydrogens (tertiary/aromatic N) is 1. The molecule has 1 unspecified atom stereocenters. The van der Waals surface area contributed by atoms with Gasteiger partial charge in [-0.25, -0.2) is 0 Å². The van der Waals surface area contributed by atoms with E-state index in [0.29, 0.717) is 0 Å². The molecule has 1 heterocycles. The van der Waals surface area contributed by atoms with Crippen LogP contribution in [0.2, 0.25) is 0 Å². The molecule has 2 aromatic carbocycles. The standard InChI is InChI=1S/C25H29N/c1-3-9-22(10-4-1)24-15-18-26(19-16-24)17-14-21-8-7-13-25(20-21)23-11-5-2-6-12-23/h1-6,9-13,15,21H,7-8,14,16-20H2. The van der Waals surface area contributed by atoms with Gasteiger partial charge < -0.3 is 0 Å². The van der Waals surface area contributed by atoms with Crippen molar-refractivity contribution in [1.82, 2.24) is 4.90 Å². The smallest absolute Gasteiger partial charge is 0.0169 e. The summed E-state index contributed by atoms with van der Waals surface area (Å²) in [5.74, 6) is 0.842. The Morgan fingerprint density at radius 2 is 1.50 bits per heavy atom. The van der Waals surface area contributed by atoms with Crippen molar-refractivity contribution >= 4 is 11.1 Å². The van der Waals surface area contributed by atoms with E-state index in [9.17, 15) is 0 Å². The average molecular weight is 344 g/mol. The van der Waals surface area contributed by atoms with Gasteiger partial charge in [0, 0.05) is 13.1 Å². The predicted octanol–water partition coefficient (Wildman–Crippen LogP) is 6.05. The molecule has 1 atom stereocenters. The Kier molecular flexibility index (Phi) is 5.66. The fourth-order valence-corrected chi connectivity index (χ4v) is 4.32. The van der Waals surface area contributed by atoms with E-state index in [1.165, 1.54) is 61.9 Å². The first kappa shape index (κ1) is 17.3. The van der Waals surface area contributed by atoms with Crippen LogP contribution in [0.15, 0.2) is 72.8 Å². The normalized spacial score (nSPS) is 21.2. The molecule has 0 aromatic heterocycles. The Morgan fingerprint density at radius 3 is 2.15 bits per heavy atom. The van der Waals surface area contributed by atoms with Gasteiger partial charge in [-0.05, 0) is 66.8 Å². The van der Waals surface area contributed by atoms with E-state index in [2.05, 4.69) is 77.7 Å². The van der Waals surface area contributed by atoms with E-state index in [0.717, 1.165) is 12.5 Å². The van der Waals surface area contributed by atoms with Crippen LogP contribution in [0.4, 0.5) is 0 Å². The van der Waals surface area contributed by atoms with Gasteiger partial charge in [0.05, 0.1) is 0 Å². The van der Waals surface area contributed by atoms with Crippen LogP contribution < -0.4 is 0 Å². The molecule has 0 fully saturated rings. The number of allylic oxidation sites excluding steroid dienone is 2. The topological polar surface area (TPSA) is 3.24 Å². The molecule has 0 spiro atoms. The van der Waals surface area contributed by atoms with Crippen molar-refractivity contribution in [2.75, 3.05) is 19.6 Å². The highest BCUT2D eigenvalue weighted by atomic mass is 15.1. The molecule has 2 aliphatic rings. The molecule has 0 saturated heterocycles. The zero-order valence-corrected chi connectivity index (χ0v) is 15.6. The number of benzene rings is 2. The number of hydrogen-bond acceptors (Lipinski definition) is 1. The van der Waals surface area contributed by atoms with Gasteiger partial charge in [0.2, 0.25) is 0 Å². The van der Waals surface area contributed by atoms with Crippen LogP contribution in [-0.2, 0) is 0 Å². The largest absolute Gasteiger partial charge is 0.299 e. The Morgan fingerprint density at radius 1 is 0.808 bits per heavy atom. The molecule has 134 valence electrons. The van der Waals surface area contributed by atoms with Crippen molar-refractivity contribution in [2.24, 2.45) is 5.92 Å². The average Bonchev–Trinajstić information content (AvgIpc) is 2.74. The van der Waals surface area contributed by atoms with Crippen LogP contribution in [0.3, 0.4) is 0 Å². The minimum atomic E-state index is 0.842. The maximum atomic E-state index is 2.63. The minimum Gasteiger partial charge on any atom is -0.299 e. The first-order valence-electron chi connectivity index (χ1n) is 10.1. The first-order valence-corrected chi connectivity index (χ1v) is 10.1. The maximum absolute atomic E-state index is 2.63. The Labute approximate surface area is 158 Å². The van der Waals surface area contributed by atoms with Gasteiger partial charge in [0.25, 0.3) is 0 Å². The van der Waals surface area contributed by atoms with E-state index >= 15 is 0 Å². The lowest BCUT2D eigenvalue weighted by atomic mass is 9.83. The minimum absolute atomic E-state index is 0.842. The third-order valence-corrected chi connectivity index (χ3v) is 5.91. The quantitative estimate of drug-likeness (QED) is 0.639. The summed E-state index contributed by atoms with van der Waals surface area (Å²) in [4.78, 5) is 2.63. The van der Waals surface area contributed by atoms with Gasteiger partial charge in [-0.2, -0.15) is 0 Å². The van der Waals surface area contributed by atoms with E-state index in [1.807, 2.05) is 0 Å². The molecule has 1 aliphatic carbocycles. The van der Waals surface area contributed by atoms with Crippen LogP contribution >= 0.6 is 0 Å². The number of hydrogen-bond donors (Lipinski definition) is 0. The predicted molar refractivity (Wildman–Crippen MR) is 112 cm³/mol. The molecule has 1 nitrogen and oxygen atoms in total. The zero-order valence-electron chi connectivity index (χ0n) is 15.6. The summed E-state index contributed by atoms with van der Waals surface area (Å²) in [5, 5.41) is 0. The lowest BCUT2D eigenvalue weighted by Gasteiger charge is -2.29. The molecule has 1 heteroatoms. The SMILES string of the molecule is C1=C(c2ccccc2)CCN(CCC2CCC=C(c3ccccc3)C2)C1. The Bertz CT molecular complexity index is 757. The summed E-state index contributed by atoms with van der Waals surface area (Å²) in [5.41, 5.74) is 5.91. The van der Waals surface area contributed by atoms with Gasteiger partial charge in [-0.3, -0.25) is 4.90 Å². The molecule has 26 heavy (non-hydrogen) atoms. The summed E-state index contributed by atoms with van der Waals surface area (Å²) in [6.07, 6.45) is 11.3. The van der Waals surface area contributed by atoms with Crippen LogP contribution in [0, 0.1) is 5.92 Å². The van der Waals surface area contributed by atoms with Crippen LogP contribution in [0.1, 0.15) is 43.2 Å². The van der Waals surface area contributed by atoms with Crippen molar-refractivity contribution in [3.8, 4) is 0 Å². The second-order valence-corrected chi connectivity index (χ2v) is 7.68. The molecular formula is C25H29N. The van der Waals surface area contributed by atoms with Crippen molar-refractivity contribution in [3.05, 3.63) is 83.9 Å². The van der Waals surface area contributed by atoms with Gasteiger partial charge in [-0.1, -0.05) is 72.8 Å². The molecule has 0 radical (unpaired) electrons. The summed E-state index contributed by atoms with van der Waals surface area (Å²) >= 11 is 0. The van der Waals surface area contributed by atoms with Crippen molar-refractivity contribution < 1.29 is 0 Å². The van der Waals surface area contributed by atoms with Gasteiger partial charge in [-0.15, -0.1) is 0 Å². The van der Waals surface area contributed by atoms with Gasteiger partial charge in [0.1, 0.15) is 0 Å². The van der Waals surface area contributed by atoms with Crippen LogP contribution in [0.25, 0.3) is 11.1 Å². The molecule has 2 aromatic rings. The molecule has 0 amide bonds. The maximum Gasteiger partial charge on any atom is 0.0169 e. The van der Waals surface area contributed by atoms with Gasteiger partial charge in [0.15, 0.2) is 0 Å². The highest BCUT2D eigenvalue weighted by molar-refractivity contribution is 5.67. The molecular weight excluding hydrogens is 314 g/mol. The van der Waals surface area contributed by atoms with Gasteiger partial charge >= 0.3 is 0 Å². The highest BCUT2D eigenvalue weighted by Gasteiger charge is 2.19. The van der Waals surface area contributed by atoms with Crippen molar-refractivity contribution in [3.63, 3.8) is 0 Å². The third kappa shape index (κ3) is 4.34. The Hall–Kier alpha value is -2.12. The molecule has 4 rings (SSSR count). The number of rotatable bonds is 5. The fraction of sp³-hybridized carbons (Fsp3) is 0.360. The highest BCUT2D eigenvalue weighted by Crippen LogP contribution is 2.33. The lowest BCUT2D eigenvalue weighted by molar-refractivity contribution is 0.269. The van der Waals surface area contributed by atoms with E-state index in [4.69, 9.17) is 0 Å². The van der Waals surface area contributed by atoms with Crippen molar-refractivity contribution in [2.45, 2.75) is 32.1 Å².